The molecular formula is C14H21ClN4O2. The van der Waals surface area contributed by atoms with Crippen molar-refractivity contribution in [3.63, 3.8) is 0 Å². The standard InChI is InChI=1S/C14H21ClN4O2/c1-5-10-14(21)19(11(6-2)13(20)16-10)7-9-8(3)17-18(4)12(9)15/h10-11H,5-7H2,1-4H3,(H,16,20). The summed E-state index contributed by atoms with van der Waals surface area (Å²) < 4.78 is 1.58. The highest BCUT2D eigenvalue weighted by Gasteiger charge is 2.39. The molecule has 1 fully saturated rings. The van der Waals surface area contributed by atoms with Gasteiger partial charge in [0.25, 0.3) is 0 Å². The zero-order chi connectivity index (χ0) is 15.7. The van der Waals surface area contributed by atoms with Crippen LogP contribution in [0.25, 0.3) is 0 Å². The highest BCUT2D eigenvalue weighted by atomic mass is 35.5. The number of piperazine rings is 1. The summed E-state index contributed by atoms with van der Waals surface area (Å²) >= 11 is 6.24. The van der Waals surface area contributed by atoms with Gasteiger partial charge in [0, 0.05) is 12.6 Å². The van der Waals surface area contributed by atoms with E-state index in [1.807, 2.05) is 20.8 Å². The summed E-state index contributed by atoms with van der Waals surface area (Å²) in [7, 11) is 1.76. The lowest BCUT2D eigenvalue weighted by molar-refractivity contribution is -0.150. The third-order valence-corrected chi connectivity index (χ3v) is 4.44. The number of nitrogens with one attached hydrogen (secondary N) is 1. The Morgan fingerprint density at radius 2 is 1.95 bits per heavy atom. The summed E-state index contributed by atoms with van der Waals surface area (Å²) in [6, 6.07) is -0.896. The lowest BCUT2D eigenvalue weighted by Gasteiger charge is -2.38. The Labute approximate surface area is 129 Å². The summed E-state index contributed by atoms with van der Waals surface area (Å²) in [6.07, 6.45) is 1.15. The molecule has 1 aliphatic rings. The maximum atomic E-state index is 12.5. The zero-order valence-corrected chi connectivity index (χ0v) is 13.6. The van der Waals surface area contributed by atoms with Gasteiger partial charge >= 0.3 is 0 Å². The molecule has 1 aromatic heterocycles. The third-order valence-electron chi connectivity index (χ3n) is 3.97. The fourth-order valence-corrected chi connectivity index (χ4v) is 2.95. The van der Waals surface area contributed by atoms with Crippen LogP contribution >= 0.6 is 11.6 Å². The molecule has 1 saturated heterocycles. The zero-order valence-electron chi connectivity index (χ0n) is 12.8. The number of carbonyl (C=O) groups is 2. The van der Waals surface area contributed by atoms with Crippen molar-refractivity contribution in [3.05, 3.63) is 16.4 Å². The molecule has 7 heteroatoms. The first-order valence-electron chi connectivity index (χ1n) is 7.19. The van der Waals surface area contributed by atoms with E-state index in [9.17, 15) is 9.59 Å². The molecule has 2 rings (SSSR count). The van der Waals surface area contributed by atoms with Crippen LogP contribution in [0.1, 0.15) is 37.9 Å². The first kappa shape index (κ1) is 15.8. The molecule has 2 atom stereocenters. The van der Waals surface area contributed by atoms with Gasteiger partial charge in [-0.1, -0.05) is 25.4 Å². The van der Waals surface area contributed by atoms with Crippen molar-refractivity contribution in [2.75, 3.05) is 0 Å². The quantitative estimate of drug-likeness (QED) is 0.914. The number of nitrogens with zero attached hydrogens (tertiary/aromatic N) is 3. The van der Waals surface area contributed by atoms with Gasteiger partial charge in [-0.05, 0) is 19.8 Å². The average molecular weight is 313 g/mol. The normalized spacial score (nSPS) is 22.6. The monoisotopic (exact) mass is 312 g/mol. The van der Waals surface area contributed by atoms with E-state index in [0.717, 1.165) is 11.3 Å². The van der Waals surface area contributed by atoms with Gasteiger partial charge < -0.3 is 10.2 Å². The van der Waals surface area contributed by atoms with Crippen LogP contribution in [-0.4, -0.2) is 38.6 Å². The van der Waals surface area contributed by atoms with E-state index in [4.69, 9.17) is 11.6 Å². The van der Waals surface area contributed by atoms with E-state index in [2.05, 4.69) is 10.4 Å². The van der Waals surface area contributed by atoms with Crippen LogP contribution in [0, 0.1) is 6.92 Å². The minimum atomic E-state index is -0.448. The second kappa shape index (κ2) is 6.05. The highest BCUT2D eigenvalue weighted by molar-refractivity contribution is 6.30. The molecule has 1 N–H and O–H groups in total. The number of aryl methyl sites for hydroxylation is 2. The first-order valence-corrected chi connectivity index (χ1v) is 7.57. The van der Waals surface area contributed by atoms with Crippen LogP contribution in [-0.2, 0) is 23.2 Å². The minimum absolute atomic E-state index is 0.0525. The smallest absolute Gasteiger partial charge is 0.246 e. The van der Waals surface area contributed by atoms with E-state index < -0.39 is 12.1 Å². The van der Waals surface area contributed by atoms with Crippen LogP contribution < -0.4 is 5.32 Å². The largest absolute Gasteiger partial charge is 0.343 e. The first-order chi connectivity index (χ1) is 9.90. The number of aromatic nitrogens is 2. The molecule has 2 heterocycles. The Bertz CT molecular complexity index is 570. The molecule has 1 aromatic rings. The number of hydrogen-bond donors (Lipinski definition) is 1. The van der Waals surface area contributed by atoms with Gasteiger partial charge in [-0.25, -0.2) is 0 Å². The molecule has 0 aliphatic carbocycles. The highest BCUT2D eigenvalue weighted by Crippen LogP contribution is 2.24. The van der Waals surface area contributed by atoms with Crippen molar-refractivity contribution in [2.24, 2.45) is 7.05 Å². The predicted octanol–water partition coefficient (Wildman–Crippen LogP) is 1.40. The topological polar surface area (TPSA) is 67.2 Å². The van der Waals surface area contributed by atoms with E-state index in [1.165, 1.54) is 0 Å². The summed E-state index contributed by atoms with van der Waals surface area (Å²) in [5.74, 6) is -0.148. The molecule has 1 aliphatic heterocycles. The maximum Gasteiger partial charge on any atom is 0.246 e. The lowest BCUT2D eigenvalue weighted by Crippen LogP contribution is -2.62. The van der Waals surface area contributed by atoms with Crippen molar-refractivity contribution in [1.82, 2.24) is 20.0 Å². The summed E-state index contributed by atoms with van der Waals surface area (Å²) in [5, 5.41) is 7.55. The second-order valence-electron chi connectivity index (χ2n) is 5.34. The minimum Gasteiger partial charge on any atom is -0.343 e. The fraction of sp³-hybridized carbons (Fsp3) is 0.643. The molecule has 2 unspecified atom stereocenters. The van der Waals surface area contributed by atoms with E-state index in [-0.39, 0.29) is 11.8 Å². The molecule has 0 saturated carbocycles. The van der Waals surface area contributed by atoms with Crippen LogP contribution in [0.5, 0.6) is 0 Å². The van der Waals surface area contributed by atoms with Crippen LogP contribution in [0.15, 0.2) is 0 Å². The van der Waals surface area contributed by atoms with Crippen LogP contribution in [0.4, 0.5) is 0 Å². The van der Waals surface area contributed by atoms with Crippen molar-refractivity contribution >= 4 is 23.4 Å². The number of rotatable bonds is 4. The Balaban J connectivity index is 2.33. The van der Waals surface area contributed by atoms with Crippen LogP contribution in [0.3, 0.4) is 0 Å². The fourth-order valence-electron chi connectivity index (χ4n) is 2.72. The van der Waals surface area contributed by atoms with Gasteiger partial charge in [0.15, 0.2) is 0 Å². The van der Waals surface area contributed by atoms with Crippen LogP contribution in [0.2, 0.25) is 5.15 Å². The molecule has 2 amide bonds. The Morgan fingerprint density at radius 3 is 2.43 bits per heavy atom. The number of amides is 2. The number of carbonyl (C=O) groups excluding carboxylic acids is 2. The van der Waals surface area contributed by atoms with Crippen molar-refractivity contribution < 1.29 is 9.59 Å². The predicted molar refractivity (Wildman–Crippen MR) is 79.8 cm³/mol. The van der Waals surface area contributed by atoms with Gasteiger partial charge in [-0.2, -0.15) is 5.10 Å². The molecule has 0 aromatic carbocycles. The van der Waals surface area contributed by atoms with Gasteiger partial charge in [-0.15, -0.1) is 0 Å². The Hall–Kier alpha value is -1.56. The molecule has 6 nitrogen and oxygen atoms in total. The molecule has 116 valence electrons. The van der Waals surface area contributed by atoms with Gasteiger partial charge in [0.1, 0.15) is 17.2 Å². The van der Waals surface area contributed by atoms with Gasteiger partial charge in [0.05, 0.1) is 12.2 Å². The van der Waals surface area contributed by atoms with Crippen molar-refractivity contribution in [2.45, 2.75) is 52.2 Å². The third kappa shape index (κ3) is 2.77. The van der Waals surface area contributed by atoms with Crippen molar-refractivity contribution in [3.8, 4) is 0 Å². The van der Waals surface area contributed by atoms with Gasteiger partial charge in [-0.3, -0.25) is 14.3 Å². The lowest BCUT2D eigenvalue weighted by atomic mass is 10.0. The molecular weight excluding hydrogens is 292 g/mol. The Kier molecular flexibility index (Phi) is 4.56. The molecule has 0 bridgehead atoms. The summed E-state index contributed by atoms with van der Waals surface area (Å²) in [4.78, 5) is 26.3. The van der Waals surface area contributed by atoms with Gasteiger partial charge in [0.2, 0.25) is 11.8 Å². The van der Waals surface area contributed by atoms with Crippen molar-refractivity contribution in [1.29, 1.82) is 0 Å². The van der Waals surface area contributed by atoms with E-state index >= 15 is 0 Å². The Morgan fingerprint density at radius 1 is 1.29 bits per heavy atom. The summed E-state index contributed by atoms with van der Waals surface area (Å²) in [6.45, 7) is 5.96. The number of halogens is 1. The molecule has 0 spiro atoms. The second-order valence-corrected chi connectivity index (χ2v) is 5.70. The summed E-state index contributed by atoms with van der Waals surface area (Å²) in [5.41, 5.74) is 1.58. The van der Waals surface area contributed by atoms with E-state index in [1.54, 1.807) is 16.6 Å². The molecule has 0 radical (unpaired) electrons. The number of hydrogen-bond acceptors (Lipinski definition) is 3. The molecule has 21 heavy (non-hydrogen) atoms. The van der Waals surface area contributed by atoms with E-state index in [0.29, 0.717) is 24.5 Å². The average Bonchev–Trinajstić information content (AvgIpc) is 2.68. The SMILES string of the molecule is CCC1NC(=O)C(CC)N(Cc2c(C)nn(C)c2Cl)C1=O. The maximum absolute atomic E-state index is 12.5.